The van der Waals surface area contributed by atoms with Crippen molar-refractivity contribution in [2.75, 3.05) is 31.0 Å². The van der Waals surface area contributed by atoms with Crippen LogP contribution in [0.4, 0.5) is 17.3 Å². The van der Waals surface area contributed by atoms with Crippen LogP contribution in [-0.4, -0.2) is 30.2 Å². The third-order valence-corrected chi connectivity index (χ3v) is 1.78. The topological polar surface area (TPSA) is 115 Å². The number of hydrogen-bond donors (Lipinski definition) is 3. The van der Waals surface area contributed by atoms with Crippen molar-refractivity contribution in [2.45, 2.75) is 0 Å². The minimum absolute atomic E-state index is 0.0807. The number of rotatable bonds is 6. The molecular weight excluding hydrogens is 214 g/mol. The van der Waals surface area contributed by atoms with Crippen LogP contribution in [0, 0.1) is 10.1 Å². The fraction of sp³-hybridized carbons (Fsp3) is 0.375. The summed E-state index contributed by atoms with van der Waals surface area (Å²) in [6, 6.07) is 2.58. The van der Waals surface area contributed by atoms with Crippen LogP contribution in [-0.2, 0) is 4.74 Å². The van der Waals surface area contributed by atoms with E-state index in [-0.39, 0.29) is 11.5 Å². The Hall–Kier alpha value is -1.93. The Morgan fingerprint density at radius 2 is 2.25 bits per heavy atom. The lowest BCUT2D eigenvalue weighted by Crippen LogP contribution is -2.12. The van der Waals surface area contributed by atoms with E-state index in [1.807, 2.05) is 0 Å². The second-order valence-corrected chi connectivity index (χ2v) is 2.92. The van der Waals surface area contributed by atoms with Crippen LogP contribution in [0.2, 0.25) is 0 Å². The molecule has 0 aliphatic heterocycles. The molecule has 0 spiro atoms. The maximum absolute atomic E-state index is 10.6. The Balaban J connectivity index is 2.82. The lowest BCUT2D eigenvalue weighted by Gasteiger charge is -2.06. The van der Waals surface area contributed by atoms with Crippen LogP contribution in [0.1, 0.15) is 0 Å². The number of anilines is 2. The van der Waals surface area contributed by atoms with Crippen molar-refractivity contribution in [1.29, 1.82) is 0 Å². The van der Waals surface area contributed by atoms with Crippen LogP contribution in [0.15, 0.2) is 12.1 Å². The normalized spacial score (nSPS) is 9.88. The molecular formula is C8H13N5O3. The Labute approximate surface area is 91.9 Å². The molecule has 0 unspecified atom stereocenters. The molecule has 4 N–H and O–H groups in total. The first-order chi connectivity index (χ1) is 7.67. The van der Waals surface area contributed by atoms with Gasteiger partial charge >= 0.3 is 0 Å². The standard InChI is InChI=1S/C8H13N5O3/c1-16-3-2-10-7-4-6(13(14)15)5-8(11-7)12-9/h4-5H,2-3,9H2,1H3,(H2,10,11,12). The first-order valence-electron chi connectivity index (χ1n) is 4.53. The molecule has 1 aromatic rings. The van der Waals surface area contributed by atoms with Gasteiger partial charge in [0.2, 0.25) is 0 Å². The van der Waals surface area contributed by atoms with E-state index in [0.29, 0.717) is 19.0 Å². The molecule has 0 radical (unpaired) electrons. The molecule has 0 aromatic carbocycles. The highest BCUT2D eigenvalue weighted by atomic mass is 16.6. The predicted molar refractivity (Wildman–Crippen MR) is 59.1 cm³/mol. The zero-order chi connectivity index (χ0) is 12.0. The minimum atomic E-state index is -0.510. The molecule has 8 nitrogen and oxygen atoms in total. The van der Waals surface area contributed by atoms with Crippen molar-refractivity contribution < 1.29 is 9.66 Å². The van der Waals surface area contributed by atoms with E-state index < -0.39 is 4.92 Å². The van der Waals surface area contributed by atoms with Crippen molar-refractivity contribution >= 4 is 17.3 Å². The summed E-state index contributed by atoms with van der Waals surface area (Å²) < 4.78 is 4.83. The molecule has 1 aromatic heterocycles. The van der Waals surface area contributed by atoms with E-state index in [2.05, 4.69) is 15.7 Å². The van der Waals surface area contributed by atoms with E-state index >= 15 is 0 Å². The van der Waals surface area contributed by atoms with Gasteiger partial charge in [-0.15, -0.1) is 0 Å². The van der Waals surface area contributed by atoms with Crippen LogP contribution in [0.5, 0.6) is 0 Å². The highest BCUT2D eigenvalue weighted by Crippen LogP contribution is 2.19. The summed E-state index contributed by atoms with van der Waals surface area (Å²) >= 11 is 0. The van der Waals surface area contributed by atoms with E-state index in [4.69, 9.17) is 10.6 Å². The second-order valence-electron chi connectivity index (χ2n) is 2.92. The van der Waals surface area contributed by atoms with E-state index in [9.17, 15) is 10.1 Å². The Kier molecular flexibility index (Phi) is 4.42. The van der Waals surface area contributed by atoms with E-state index in [0.717, 1.165) is 0 Å². The predicted octanol–water partition coefficient (Wildman–Crippen LogP) is 0.334. The molecule has 8 heteroatoms. The van der Waals surface area contributed by atoms with E-state index in [1.165, 1.54) is 12.1 Å². The summed E-state index contributed by atoms with van der Waals surface area (Å²) in [4.78, 5) is 14.1. The van der Waals surface area contributed by atoms with Gasteiger partial charge in [-0.3, -0.25) is 10.1 Å². The average molecular weight is 227 g/mol. The summed E-state index contributed by atoms with van der Waals surface area (Å²) in [6.07, 6.45) is 0. The zero-order valence-electron chi connectivity index (χ0n) is 8.77. The monoisotopic (exact) mass is 227 g/mol. The minimum Gasteiger partial charge on any atom is -0.383 e. The van der Waals surface area contributed by atoms with Gasteiger partial charge in [-0.25, -0.2) is 10.8 Å². The van der Waals surface area contributed by atoms with Gasteiger partial charge in [-0.2, -0.15) is 0 Å². The van der Waals surface area contributed by atoms with Gasteiger partial charge < -0.3 is 15.5 Å². The Bertz CT molecular complexity index is 371. The highest BCUT2D eigenvalue weighted by Gasteiger charge is 2.10. The summed E-state index contributed by atoms with van der Waals surface area (Å²) in [5.74, 6) is 5.76. The number of nitrogens with zero attached hydrogens (tertiary/aromatic N) is 2. The maximum atomic E-state index is 10.6. The third kappa shape index (κ3) is 3.33. The molecule has 0 fully saturated rings. The fourth-order valence-corrected chi connectivity index (χ4v) is 1.07. The summed E-state index contributed by atoms with van der Waals surface area (Å²) in [5.41, 5.74) is 2.19. The highest BCUT2D eigenvalue weighted by molar-refractivity contribution is 5.54. The fourth-order valence-electron chi connectivity index (χ4n) is 1.07. The largest absolute Gasteiger partial charge is 0.383 e. The number of nitro groups is 1. The number of ether oxygens (including phenoxy) is 1. The van der Waals surface area contributed by atoms with Gasteiger partial charge in [-0.1, -0.05) is 0 Å². The summed E-state index contributed by atoms with van der Waals surface area (Å²) in [7, 11) is 1.56. The average Bonchev–Trinajstić information content (AvgIpc) is 2.29. The first kappa shape index (κ1) is 12.1. The molecule has 1 heterocycles. The molecule has 0 bridgehead atoms. The van der Waals surface area contributed by atoms with Crippen LogP contribution in [0.3, 0.4) is 0 Å². The lowest BCUT2D eigenvalue weighted by molar-refractivity contribution is -0.384. The third-order valence-electron chi connectivity index (χ3n) is 1.78. The number of pyridine rings is 1. The SMILES string of the molecule is COCCNc1cc([N+](=O)[O-])cc(NN)n1. The molecule has 0 saturated heterocycles. The molecule has 0 aliphatic rings. The van der Waals surface area contributed by atoms with Crippen molar-refractivity contribution in [1.82, 2.24) is 4.98 Å². The zero-order valence-corrected chi connectivity index (χ0v) is 8.77. The van der Waals surface area contributed by atoms with Crippen molar-refractivity contribution in [3.05, 3.63) is 22.2 Å². The van der Waals surface area contributed by atoms with Gasteiger partial charge in [-0.05, 0) is 0 Å². The number of nitrogens with one attached hydrogen (secondary N) is 2. The summed E-state index contributed by atoms with van der Waals surface area (Å²) in [5, 5.41) is 13.5. The summed E-state index contributed by atoms with van der Waals surface area (Å²) in [6.45, 7) is 0.991. The lowest BCUT2D eigenvalue weighted by atomic mass is 10.3. The number of hydrogen-bond acceptors (Lipinski definition) is 7. The molecule has 0 atom stereocenters. The molecule has 0 amide bonds. The van der Waals surface area contributed by atoms with Crippen LogP contribution in [0.25, 0.3) is 0 Å². The van der Waals surface area contributed by atoms with Crippen LogP contribution >= 0.6 is 0 Å². The van der Waals surface area contributed by atoms with Gasteiger partial charge in [0.1, 0.15) is 11.6 Å². The van der Waals surface area contributed by atoms with Crippen molar-refractivity contribution in [3.8, 4) is 0 Å². The van der Waals surface area contributed by atoms with Crippen molar-refractivity contribution in [3.63, 3.8) is 0 Å². The van der Waals surface area contributed by atoms with Gasteiger partial charge in [0.05, 0.1) is 23.7 Å². The number of aromatic nitrogens is 1. The molecule has 1 rings (SSSR count). The van der Waals surface area contributed by atoms with Gasteiger partial charge in [0.25, 0.3) is 5.69 Å². The van der Waals surface area contributed by atoms with E-state index in [1.54, 1.807) is 7.11 Å². The number of methoxy groups -OCH3 is 1. The quantitative estimate of drug-likeness (QED) is 0.277. The maximum Gasteiger partial charge on any atom is 0.276 e. The Morgan fingerprint density at radius 1 is 1.56 bits per heavy atom. The molecule has 88 valence electrons. The number of nitrogens with two attached hydrogens (primary N) is 1. The molecule has 16 heavy (non-hydrogen) atoms. The van der Waals surface area contributed by atoms with Gasteiger partial charge in [0.15, 0.2) is 0 Å². The Morgan fingerprint density at radius 3 is 2.81 bits per heavy atom. The van der Waals surface area contributed by atoms with Crippen LogP contribution < -0.4 is 16.6 Å². The molecule has 0 saturated carbocycles. The van der Waals surface area contributed by atoms with Crippen molar-refractivity contribution in [2.24, 2.45) is 5.84 Å². The number of hydrazine groups is 1. The number of nitrogen functional groups attached to an aromatic ring is 1. The van der Waals surface area contributed by atoms with Gasteiger partial charge in [0, 0.05) is 13.7 Å². The second kappa shape index (κ2) is 5.83. The first-order valence-corrected chi connectivity index (χ1v) is 4.53. The molecule has 0 aliphatic carbocycles. The smallest absolute Gasteiger partial charge is 0.276 e.